The lowest BCUT2D eigenvalue weighted by Gasteiger charge is -2.29. The number of benzene rings is 1. The van der Waals surface area contributed by atoms with Gasteiger partial charge in [0, 0.05) is 26.2 Å². The molecule has 2 N–H and O–H groups in total. The number of aliphatic hydroxyl groups is 2. The van der Waals surface area contributed by atoms with E-state index < -0.39 is 24.9 Å². The number of aliphatic imine (C=N–C) groups is 1. The van der Waals surface area contributed by atoms with Gasteiger partial charge in [0.15, 0.2) is 0 Å². The predicted octanol–water partition coefficient (Wildman–Crippen LogP) is 2.46. The van der Waals surface area contributed by atoms with E-state index in [1.54, 1.807) is 24.3 Å². The van der Waals surface area contributed by atoms with E-state index in [0.29, 0.717) is 5.56 Å². The number of halogens is 2. The summed E-state index contributed by atoms with van der Waals surface area (Å²) in [6.45, 7) is 4.00. The molecule has 0 bridgehead atoms. The number of methoxy groups -OCH3 is 1. The number of hydrogen-bond acceptors (Lipinski definition) is 5. The van der Waals surface area contributed by atoms with Crippen LogP contribution in [0.15, 0.2) is 35.3 Å². The summed E-state index contributed by atoms with van der Waals surface area (Å²) in [6.07, 6.45) is -5.19. The first-order chi connectivity index (χ1) is 11.1. The average Bonchev–Trinajstić information content (AvgIpc) is 2.59. The maximum atomic E-state index is 12.8. The molecule has 23 heavy (non-hydrogen) atoms. The molecule has 0 spiro atoms. The lowest BCUT2D eigenvalue weighted by Crippen LogP contribution is -2.41. The number of hydrogen-bond donors (Lipinski definition) is 2. The van der Waals surface area contributed by atoms with Crippen LogP contribution in [-0.4, -0.2) is 55.2 Å². The normalized spacial score (nSPS) is 21.0. The minimum Gasteiger partial charge on any atom is -0.448 e. The average molecular weight is 333 g/mol. The van der Waals surface area contributed by atoms with Crippen molar-refractivity contribution in [2.75, 3.05) is 14.2 Å². The molecule has 0 saturated heterocycles. The van der Waals surface area contributed by atoms with Crippen LogP contribution < -0.4 is 0 Å². The second-order valence-corrected chi connectivity index (χ2v) is 4.21. The smallest absolute Gasteiger partial charge is 0.266 e. The lowest BCUT2D eigenvalue weighted by atomic mass is 10.1. The summed E-state index contributed by atoms with van der Waals surface area (Å²) in [5.74, 6) is 0.159. The Bertz CT molecular complexity index is 443. The molecule has 0 saturated carbocycles. The number of rotatable bonds is 4. The summed E-state index contributed by atoms with van der Waals surface area (Å²) in [6, 6.07) is 8.01. The first kappa shape index (κ1) is 21.4. The van der Waals surface area contributed by atoms with Crippen molar-refractivity contribution in [3.05, 3.63) is 35.9 Å². The molecular formula is C16H25F2NO4. The van der Waals surface area contributed by atoms with Crippen LogP contribution in [0.5, 0.6) is 0 Å². The fraction of sp³-hybridized carbons (Fsp3) is 0.562. The summed E-state index contributed by atoms with van der Waals surface area (Å²) < 4.78 is 35.6. The van der Waals surface area contributed by atoms with Gasteiger partial charge >= 0.3 is 0 Å². The summed E-state index contributed by atoms with van der Waals surface area (Å²) >= 11 is 0. The van der Waals surface area contributed by atoms with Crippen LogP contribution in [0.2, 0.25) is 0 Å². The van der Waals surface area contributed by atoms with Gasteiger partial charge in [0.2, 0.25) is 12.2 Å². The summed E-state index contributed by atoms with van der Waals surface area (Å²) in [5, 5.41) is 16.6. The molecule has 1 aliphatic heterocycles. The third kappa shape index (κ3) is 6.60. The van der Waals surface area contributed by atoms with E-state index in [1.165, 1.54) is 7.11 Å². The van der Waals surface area contributed by atoms with Crippen molar-refractivity contribution in [3.63, 3.8) is 0 Å². The van der Waals surface area contributed by atoms with E-state index in [1.807, 2.05) is 19.9 Å². The van der Waals surface area contributed by atoms with Crippen LogP contribution in [0, 0.1) is 0 Å². The van der Waals surface area contributed by atoms with Gasteiger partial charge in [-0.05, 0) is 12.1 Å². The van der Waals surface area contributed by atoms with Crippen molar-refractivity contribution in [1.82, 2.24) is 0 Å². The predicted molar refractivity (Wildman–Crippen MR) is 84.8 cm³/mol. The number of ether oxygens (including phenoxy) is 2. The van der Waals surface area contributed by atoms with Gasteiger partial charge < -0.3 is 19.7 Å². The van der Waals surface area contributed by atoms with Gasteiger partial charge in [-0.2, -0.15) is 0 Å². The zero-order valence-electron chi connectivity index (χ0n) is 13.8. The third-order valence-corrected chi connectivity index (χ3v) is 2.89. The van der Waals surface area contributed by atoms with Crippen molar-refractivity contribution >= 4 is 5.90 Å². The van der Waals surface area contributed by atoms with E-state index in [0.717, 1.165) is 7.11 Å². The van der Waals surface area contributed by atoms with E-state index in [9.17, 15) is 13.9 Å². The van der Waals surface area contributed by atoms with Crippen molar-refractivity contribution < 1.29 is 28.5 Å². The van der Waals surface area contributed by atoms with Crippen molar-refractivity contribution in [3.8, 4) is 0 Å². The minimum atomic E-state index is -2.67. The molecular weight excluding hydrogens is 308 g/mol. The molecule has 1 aliphatic rings. The topological polar surface area (TPSA) is 71.3 Å². The Kier molecular flexibility index (Phi) is 11.1. The van der Waals surface area contributed by atoms with Crippen LogP contribution in [-0.2, 0) is 9.47 Å². The van der Waals surface area contributed by atoms with E-state index in [2.05, 4.69) is 4.99 Å². The van der Waals surface area contributed by atoms with Crippen molar-refractivity contribution in [1.29, 1.82) is 0 Å². The third-order valence-electron chi connectivity index (χ3n) is 2.89. The molecule has 0 fully saturated rings. The minimum absolute atomic E-state index is 0.0147. The largest absolute Gasteiger partial charge is 0.448 e. The fourth-order valence-electron chi connectivity index (χ4n) is 1.98. The molecule has 1 heterocycles. The van der Waals surface area contributed by atoms with Gasteiger partial charge in [-0.1, -0.05) is 32.0 Å². The van der Waals surface area contributed by atoms with Crippen LogP contribution >= 0.6 is 0 Å². The van der Waals surface area contributed by atoms with Gasteiger partial charge in [-0.25, -0.2) is 13.8 Å². The van der Waals surface area contributed by atoms with E-state index in [-0.39, 0.29) is 12.3 Å². The Morgan fingerprint density at radius 3 is 2.26 bits per heavy atom. The number of nitrogens with zero attached hydrogens (tertiary/aromatic N) is 1. The van der Waals surface area contributed by atoms with Crippen molar-refractivity contribution in [2.24, 2.45) is 4.99 Å². The van der Waals surface area contributed by atoms with E-state index >= 15 is 0 Å². The maximum Gasteiger partial charge on any atom is 0.266 e. The molecule has 3 atom stereocenters. The maximum absolute atomic E-state index is 12.8. The molecule has 132 valence electrons. The van der Waals surface area contributed by atoms with Crippen molar-refractivity contribution in [2.45, 2.75) is 45.1 Å². The Morgan fingerprint density at radius 2 is 1.78 bits per heavy atom. The first-order valence-corrected chi connectivity index (χ1v) is 7.35. The Balaban J connectivity index is 0.00000112. The highest BCUT2D eigenvalue weighted by Crippen LogP contribution is 2.23. The second-order valence-electron chi connectivity index (χ2n) is 4.21. The van der Waals surface area contributed by atoms with Gasteiger partial charge in [-0.15, -0.1) is 0 Å². The standard InChI is InChI=1S/C13H15F2NO3.C2H6.CH4O/c1-18-11(12(14)15)9-7-10(17)19-13(16-9)8-5-3-2-4-6-8;2*1-2/h2-6,9-12,17H,7H2,1H3;1-2H3;2H,1H3. The quantitative estimate of drug-likeness (QED) is 0.888. The fourth-order valence-corrected chi connectivity index (χ4v) is 1.98. The highest BCUT2D eigenvalue weighted by Gasteiger charge is 2.35. The molecule has 2 rings (SSSR count). The molecule has 1 aromatic rings. The number of alkyl halides is 2. The highest BCUT2D eigenvalue weighted by molar-refractivity contribution is 5.94. The monoisotopic (exact) mass is 333 g/mol. The van der Waals surface area contributed by atoms with Crippen LogP contribution in [0.4, 0.5) is 8.78 Å². The molecule has 5 nitrogen and oxygen atoms in total. The van der Waals surface area contributed by atoms with Crippen LogP contribution in [0.1, 0.15) is 25.8 Å². The Labute approximate surface area is 135 Å². The number of aliphatic hydroxyl groups excluding tert-OH is 2. The molecule has 0 amide bonds. The molecule has 0 radical (unpaired) electrons. The van der Waals surface area contributed by atoms with Crippen LogP contribution in [0.3, 0.4) is 0 Å². The van der Waals surface area contributed by atoms with Gasteiger partial charge in [0.05, 0.1) is 6.04 Å². The lowest BCUT2D eigenvalue weighted by molar-refractivity contribution is -0.0898. The molecule has 1 aromatic carbocycles. The summed E-state index contributed by atoms with van der Waals surface area (Å²) in [7, 11) is 2.20. The zero-order chi connectivity index (χ0) is 17.8. The van der Waals surface area contributed by atoms with Gasteiger partial charge in [0.25, 0.3) is 6.43 Å². The summed E-state index contributed by atoms with van der Waals surface area (Å²) in [5.41, 5.74) is 0.635. The second kappa shape index (κ2) is 11.9. The SMILES string of the molecule is CC.CO.COC(C(F)F)C1CC(O)OC(c2ccccc2)=N1. The summed E-state index contributed by atoms with van der Waals surface area (Å²) in [4.78, 5) is 4.12. The molecule has 0 aliphatic carbocycles. The molecule has 3 unspecified atom stereocenters. The van der Waals surface area contributed by atoms with E-state index in [4.69, 9.17) is 14.6 Å². The molecule has 0 aromatic heterocycles. The van der Waals surface area contributed by atoms with Gasteiger partial charge in [-0.3, -0.25) is 0 Å². The Morgan fingerprint density at radius 1 is 1.22 bits per heavy atom. The zero-order valence-corrected chi connectivity index (χ0v) is 13.8. The molecule has 7 heteroatoms. The Hall–Kier alpha value is -1.57. The first-order valence-electron chi connectivity index (χ1n) is 7.35. The van der Waals surface area contributed by atoms with Gasteiger partial charge in [0.1, 0.15) is 6.10 Å². The highest BCUT2D eigenvalue weighted by atomic mass is 19.3. The van der Waals surface area contributed by atoms with Crippen LogP contribution in [0.25, 0.3) is 0 Å².